The van der Waals surface area contributed by atoms with Crippen LogP contribution in [0.15, 0.2) is 30.3 Å². The standard InChI is InChI=1S/C16H20N4O/c1-13(21)15-16(14-7-3-2-4-8-14)20(18-17-15)12-11-19-9-5-6-10-19/h2-4,7-8H,5-6,9-12H2,1H3. The van der Waals surface area contributed by atoms with Crippen molar-refractivity contribution in [2.75, 3.05) is 19.6 Å². The van der Waals surface area contributed by atoms with Crippen molar-refractivity contribution in [2.24, 2.45) is 0 Å². The highest BCUT2D eigenvalue weighted by atomic mass is 16.1. The van der Waals surface area contributed by atoms with Crippen LogP contribution in [0.4, 0.5) is 0 Å². The van der Waals surface area contributed by atoms with E-state index in [1.165, 1.54) is 12.8 Å². The molecule has 2 heterocycles. The maximum absolute atomic E-state index is 11.8. The van der Waals surface area contributed by atoms with Crippen molar-refractivity contribution in [3.63, 3.8) is 0 Å². The Balaban J connectivity index is 1.87. The number of hydrogen-bond donors (Lipinski definition) is 0. The molecule has 0 aliphatic carbocycles. The van der Waals surface area contributed by atoms with Gasteiger partial charge in [0.1, 0.15) is 0 Å². The number of rotatable bonds is 5. The van der Waals surface area contributed by atoms with E-state index in [2.05, 4.69) is 15.2 Å². The summed E-state index contributed by atoms with van der Waals surface area (Å²) in [5.74, 6) is -0.0405. The summed E-state index contributed by atoms with van der Waals surface area (Å²) in [4.78, 5) is 14.2. The van der Waals surface area contributed by atoms with Crippen molar-refractivity contribution in [3.8, 4) is 11.3 Å². The number of hydrogen-bond acceptors (Lipinski definition) is 4. The van der Waals surface area contributed by atoms with Crippen LogP contribution in [0.5, 0.6) is 0 Å². The molecule has 3 rings (SSSR count). The Morgan fingerprint density at radius 1 is 1.14 bits per heavy atom. The van der Waals surface area contributed by atoms with Gasteiger partial charge in [0.2, 0.25) is 0 Å². The summed E-state index contributed by atoms with van der Waals surface area (Å²) in [6.45, 7) is 5.59. The van der Waals surface area contributed by atoms with Crippen LogP contribution >= 0.6 is 0 Å². The van der Waals surface area contributed by atoms with E-state index < -0.39 is 0 Å². The first-order valence-electron chi connectivity index (χ1n) is 7.48. The molecule has 0 saturated carbocycles. The summed E-state index contributed by atoms with van der Waals surface area (Å²) >= 11 is 0. The molecule has 1 fully saturated rings. The van der Waals surface area contributed by atoms with E-state index >= 15 is 0 Å². The first-order chi connectivity index (χ1) is 10.3. The molecule has 1 aliphatic rings. The monoisotopic (exact) mass is 284 g/mol. The van der Waals surface area contributed by atoms with Crippen LogP contribution in [0.1, 0.15) is 30.3 Å². The Hall–Kier alpha value is -2.01. The van der Waals surface area contributed by atoms with Crippen molar-refractivity contribution in [1.82, 2.24) is 19.9 Å². The van der Waals surface area contributed by atoms with E-state index in [1.807, 2.05) is 35.0 Å². The molecule has 21 heavy (non-hydrogen) atoms. The van der Waals surface area contributed by atoms with Crippen LogP contribution < -0.4 is 0 Å². The summed E-state index contributed by atoms with van der Waals surface area (Å²) in [5, 5.41) is 8.28. The number of ketones is 1. The van der Waals surface area contributed by atoms with Crippen LogP contribution in [0.2, 0.25) is 0 Å². The third kappa shape index (κ3) is 3.03. The van der Waals surface area contributed by atoms with Crippen LogP contribution in [0, 0.1) is 0 Å². The van der Waals surface area contributed by atoms with Crippen molar-refractivity contribution in [2.45, 2.75) is 26.3 Å². The number of aromatic nitrogens is 3. The Kier molecular flexibility index (Phi) is 4.10. The van der Waals surface area contributed by atoms with E-state index in [9.17, 15) is 4.79 Å². The van der Waals surface area contributed by atoms with Gasteiger partial charge in [0.15, 0.2) is 11.5 Å². The van der Waals surface area contributed by atoms with Gasteiger partial charge in [-0.3, -0.25) is 4.79 Å². The van der Waals surface area contributed by atoms with Crippen LogP contribution in [0.3, 0.4) is 0 Å². The summed E-state index contributed by atoms with van der Waals surface area (Å²) in [6, 6.07) is 9.90. The second-order valence-corrected chi connectivity index (χ2v) is 5.48. The lowest BCUT2D eigenvalue weighted by Crippen LogP contribution is -2.24. The SMILES string of the molecule is CC(=O)c1nnn(CCN2CCCC2)c1-c1ccccc1. The molecule has 110 valence electrons. The molecule has 0 bridgehead atoms. The Bertz CT molecular complexity index is 614. The summed E-state index contributed by atoms with van der Waals surface area (Å²) in [6.07, 6.45) is 2.56. The fourth-order valence-electron chi connectivity index (χ4n) is 2.83. The van der Waals surface area contributed by atoms with E-state index in [-0.39, 0.29) is 5.78 Å². The molecule has 0 unspecified atom stereocenters. The van der Waals surface area contributed by atoms with Gasteiger partial charge >= 0.3 is 0 Å². The van der Waals surface area contributed by atoms with Crippen LogP contribution in [-0.2, 0) is 6.54 Å². The van der Waals surface area contributed by atoms with E-state index in [4.69, 9.17) is 0 Å². The van der Waals surface area contributed by atoms with Crippen molar-refractivity contribution in [3.05, 3.63) is 36.0 Å². The highest BCUT2D eigenvalue weighted by Gasteiger charge is 2.19. The predicted octanol–water partition coefficient (Wildman–Crippen LogP) is 2.24. The molecule has 1 aromatic heterocycles. The van der Waals surface area contributed by atoms with Crippen LogP contribution in [0.25, 0.3) is 11.3 Å². The average molecular weight is 284 g/mol. The third-order valence-electron chi connectivity index (χ3n) is 3.94. The maximum Gasteiger partial charge on any atom is 0.182 e. The zero-order valence-electron chi connectivity index (χ0n) is 12.3. The first kappa shape index (κ1) is 13.9. The molecule has 0 atom stereocenters. The Morgan fingerprint density at radius 2 is 1.86 bits per heavy atom. The van der Waals surface area contributed by atoms with Gasteiger partial charge < -0.3 is 4.90 Å². The van der Waals surface area contributed by atoms with E-state index in [1.54, 1.807) is 6.92 Å². The zero-order chi connectivity index (χ0) is 14.7. The molecular weight excluding hydrogens is 264 g/mol. The molecule has 5 heteroatoms. The maximum atomic E-state index is 11.8. The van der Waals surface area contributed by atoms with Crippen LogP contribution in [-0.4, -0.2) is 45.3 Å². The van der Waals surface area contributed by atoms with Gasteiger partial charge in [-0.05, 0) is 25.9 Å². The molecule has 1 saturated heterocycles. The number of carbonyl (C=O) groups excluding carboxylic acids is 1. The minimum Gasteiger partial charge on any atom is -0.301 e. The molecule has 5 nitrogen and oxygen atoms in total. The van der Waals surface area contributed by atoms with Gasteiger partial charge in [0.05, 0.1) is 12.2 Å². The molecule has 1 aliphatic heterocycles. The van der Waals surface area contributed by atoms with E-state index in [0.717, 1.165) is 37.4 Å². The molecule has 2 aromatic rings. The zero-order valence-corrected chi connectivity index (χ0v) is 12.3. The minimum absolute atomic E-state index is 0.0405. The topological polar surface area (TPSA) is 51.0 Å². The second kappa shape index (κ2) is 6.18. The summed E-state index contributed by atoms with van der Waals surface area (Å²) in [5.41, 5.74) is 2.29. The highest BCUT2D eigenvalue weighted by molar-refractivity contribution is 5.97. The quantitative estimate of drug-likeness (QED) is 0.790. The molecule has 0 spiro atoms. The predicted molar refractivity (Wildman–Crippen MR) is 81.1 cm³/mol. The van der Waals surface area contributed by atoms with Crippen molar-refractivity contribution in [1.29, 1.82) is 0 Å². The molecule has 0 radical (unpaired) electrons. The first-order valence-corrected chi connectivity index (χ1v) is 7.48. The highest BCUT2D eigenvalue weighted by Crippen LogP contribution is 2.22. The number of nitrogens with zero attached hydrogens (tertiary/aromatic N) is 4. The Labute approximate surface area is 124 Å². The lowest BCUT2D eigenvalue weighted by molar-refractivity contribution is 0.101. The number of Topliss-reactive ketones (excluding diaryl/α,β-unsaturated/α-hetero) is 1. The average Bonchev–Trinajstić information content (AvgIpc) is 3.15. The smallest absolute Gasteiger partial charge is 0.182 e. The fourth-order valence-corrected chi connectivity index (χ4v) is 2.83. The summed E-state index contributed by atoms with van der Waals surface area (Å²) < 4.78 is 1.87. The number of carbonyl (C=O) groups is 1. The van der Waals surface area contributed by atoms with Gasteiger partial charge in [-0.1, -0.05) is 35.5 Å². The molecule has 0 N–H and O–H groups in total. The normalized spacial score (nSPS) is 15.5. The lowest BCUT2D eigenvalue weighted by Gasteiger charge is -2.15. The second-order valence-electron chi connectivity index (χ2n) is 5.48. The summed E-state index contributed by atoms with van der Waals surface area (Å²) in [7, 11) is 0. The fraction of sp³-hybridized carbons (Fsp3) is 0.438. The number of benzene rings is 1. The van der Waals surface area contributed by atoms with E-state index in [0.29, 0.717) is 5.69 Å². The number of likely N-dealkylation sites (tertiary alicyclic amines) is 1. The minimum atomic E-state index is -0.0405. The Morgan fingerprint density at radius 3 is 2.52 bits per heavy atom. The van der Waals surface area contributed by atoms with Gasteiger partial charge in [-0.2, -0.15) is 0 Å². The molecule has 1 aromatic carbocycles. The van der Waals surface area contributed by atoms with Gasteiger partial charge in [0.25, 0.3) is 0 Å². The molecular formula is C16H20N4O. The third-order valence-corrected chi connectivity index (χ3v) is 3.94. The lowest BCUT2D eigenvalue weighted by atomic mass is 10.1. The largest absolute Gasteiger partial charge is 0.301 e. The van der Waals surface area contributed by atoms with Gasteiger partial charge in [0, 0.05) is 19.0 Å². The van der Waals surface area contributed by atoms with Gasteiger partial charge in [-0.15, -0.1) is 5.10 Å². The van der Waals surface area contributed by atoms with Crippen molar-refractivity contribution >= 4 is 5.78 Å². The molecule has 0 amide bonds. The van der Waals surface area contributed by atoms with Gasteiger partial charge in [-0.25, -0.2) is 4.68 Å². The van der Waals surface area contributed by atoms with Crippen molar-refractivity contribution < 1.29 is 4.79 Å².